The number of nitrogen functional groups attached to an aromatic ring is 1. The second-order valence-electron chi connectivity index (χ2n) is 10.3. The number of hydrogen-bond donors (Lipinski definition) is 3. The number of benzene rings is 3. The molecule has 4 atom stereocenters. The maximum atomic E-state index is 12.4. The number of ether oxygens (including phenoxy) is 5. The van der Waals surface area contributed by atoms with Gasteiger partial charge in [-0.2, -0.15) is 4.98 Å². The summed E-state index contributed by atoms with van der Waals surface area (Å²) in [5.74, 6) is 1.33. The van der Waals surface area contributed by atoms with Gasteiger partial charge in [-0.3, -0.25) is 14.3 Å². The van der Waals surface area contributed by atoms with Crippen LogP contribution >= 0.6 is 0 Å². The van der Waals surface area contributed by atoms with E-state index in [4.69, 9.17) is 29.4 Å². The number of imidazole rings is 1. The van der Waals surface area contributed by atoms with E-state index in [2.05, 4.69) is 15.0 Å². The van der Waals surface area contributed by atoms with E-state index in [0.717, 1.165) is 16.7 Å². The fourth-order valence-corrected chi connectivity index (χ4v) is 5.75. The average molecular weight is 600 g/mol. The van der Waals surface area contributed by atoms with E-state index in [1.165, 1.54) is 18.0 Å². The number of methoxy groups -OCH3 is 3. The molecule has 0 spiro atoms. The third-order valence-electron chi connectivity index (χ3n) is 7.95. The summed E-state index contributed by atoms with van der Waals surface area (Å²) in [7, 11) is 4.71. The van der Waals surface area contributed by atoms with E-state index in [9.17, 15) is 9.90 Å². The first kappa shape index (κ1) is 29.3. The summed E-state index contributed by atoms with van der Waals surface area (Å²) < 4.78 is 31.4. The zero-order valence-corrected chi connectivity index (χ0v) is 24.4. The second-order valence-corrected chi connectivity index (χ2v) is 10.3. The van der Waals surface area contributed by atoms with Crippen LogP contribution < -0.4 is 20.8 Å². The van der Waals surface area contributed by atoms with Gasteiger partial charge < -0.3 is 34.5 Å². The van der Waals surface area contributed by atoms with Gasteiger partial charge in [-0.15, -0.1) is 0 Å². The molecule has 2 aromatic heterocycles. The third-order valence-corrected chi connectivity index (χ3v) is 7.95. The van der Waals surface area contributed by atoms with Crippen molar-refractivity contribution in [2.75, 3.05) is 33.7 Å². The summed E-state index contributed by atoms with van der Waals surface area (Å²) in [4.78, 5) is 23.3. The summed E-state index contributed by atoms with van der Waals surface area (Å²) >= 11 is 0. The number of aliphatic hydroxyl groups is 1. The lowest BCUT2D eigenvalue weighted by Crippen LogP contribution is -2.40. The van der Waals surface area contributed by atoms with Crippen molar-refractivity contribution < 1.29 is 28.8 Å². The normalized spacial score (nSPS) is 20.2. The van der Waals surface area contributed by atoms with E-state index >= 15 is 0 Å². The molecule has 4 unspecified atom stereocenters. The minimum absolute atomic E-state index is 0.0345. The summed E-state index contributed by atoms with van der Waals surface area (Å²) in [6, 6.07) is 25.1. The van der Waals surface area contributed by atoms with Crippen LogP contribution in [-0.4, -0.2) is 70.9 Å². The zero-order chi connectivity index (χ0) is 30.8. The minimum Gasteiger partial charge on any atom is -0.497 e. The fraction of sp³-hybridized carbons (Fsp3) is 0.281. The Morgan fingerprint density at radius 3 is 2.09 bits per heavy atom. The van der Waals surface area contributed by atoms with Gasteiger partial charge in [0.2, 0.25) is 5.95 Å². The van der Waals surface area contributed by atoms with Crippen LogP contribution in [0.15, 0.2) is 90.0 Å². The molecule has 4 N–H and O–H groups in total. The number of aliphatic hydroxyl groups excluding tert-OH is 1. The van der Waals surface area contributed by atoms with Crippen LogP contribution in [0.4, 0.5) is 5.95 Å². The van der Waals surface area contributed by atoms with Crippen LogP contribution in [0.25, 0.3) is 11.2 Å². The van der Waals surface area contributed by atoms with Crippen LogP contribution in [0.2, 0.25) is 0 Å². The van der Waals surface area contributed by atoms with Gasteiger partial charge in [0.1, 0.15) is 35.4 Å². The number of rotatable bonds is 10. The van der Waals surface area contributed by atoms with E-state index in [1.54, 1.807) is 14.2 Å². The molecule has 1 fully saturated rings. The fourth-order valence-electron chi connectivity index (χ4n) is 5.75. The number of anilines is 1. The molecule has 1 aliphatic heterocycles. The third kappa shape index (κ3) is 5.07. The van der Waals surface area contributed by atoms with Gasteiger partial charge in [0, 0.05) is 7.11 Å². The van der Waals surface area contributed by atoms with Crippen molar-refractivity contribution in [2.24, 2.45) is 0 Å². The summed E-state index contributed by atoms with van der Waals surface area (Å²) in [6.45, 7) is -0.0345. The van der Waals surface area contributed by atoms with Gasteiger partial charge >= 0.3 is 0 Å². The average Bonchev–Trinajstić information content (AvgIpc) is 3.62. The highest BCUT2D eigenvalue weighted by Crippen LogP contribution is 2.43. The van der Waals surface area contributed by atoms with Crippen LogP contribution in [0.3, 0.4) is 0 Å². The number of aromatic amines is 1. The molecule has 3 heterocycles. The highest BCUT2D eigenvalue weighted by molar-refractivity contribution is 5.70. The molecular formula is C32H33N5O7. The minimum atomic E-state index is -1.12. The Morgan fingerprint density at radius 1 is 0.932 bits per heavy atom. The topological polar surface area (TPSA) is 156 Å². The SMILES string of the molecule is COc1ccc(C(OCC2OC(n3cnc4c(=O)[nH]c(N)nc43)C(OC)C2O)(c2ccccc2)c2ccc(OC)cc2)cc1. The number of hydrogen-bond acceptors (Lipinski definition) is 10. The number of fused-ring (bicyclic) bond motifs is 1. The quantitative estimate of drug-likeness (QED) is 0.204. The molecule has 0 amide bonds. The monoisotopic (exact) mass is 599 g/mol. The molecule has 44 heavy (non-hydrogen) atoms. The lowest BCUT2D eigenvalue weighted by molar-refractivity contribution is -0.0948. The van der Waals surface area contributed by atoms with Crippen LogP contribution in [0, 0.1) is 0 Å². The van der Waals surface area contributed by atoms with E-state index in [-0.39, 0.29) is 23.7 Å². The highest BCUT2D eigenvalue weighted by atomic mass is 16.6. The Hall–Kier alpha value is -4.75. The van der Waals surface area contributed by atoms with Crippen molar-refractivity contribution >= 4 is 17.1 Å². The largest absolute Gasteiger partial charge is 0.497 e. The molecule has 0 radical (unpaired) electrons. The van der Waals surface area contributed by atoms with Crippen molar-refractivity contribution in [2.45, 2.75) is 30.1 Å². The molecule has 0 bridgehead atoms. The Morgan fingerprint density at radius 2 is 1.52 bits per heavy atom. The molecule has 12 nitrogen and oxygen atoms in total. The Balaban J connectivity index is 1.41. The predicted molar refractivity (Wildman–Crippen MR) is 162 cm³/mol. The van der Waals surface area contributed by atoms with Crippen molar-refractivity contribution in [3.8, 4) is 11.5 Å². The first-order valence-electron chi connectivity index (χ1n) is 14.0. The van der Waals surface area contributed by atoms with E-state index < -0.39 is 35.7 Å². The molecule has 1 aliphatic rings. The van der Waals surface area contributed by atoms with Crippen molar-refractivity contribution in [1.29, 1.82) is 0 Å². The van der Waals surface area contributed by atoms with Crippen molar-refractivity contribution in [1.82, 2.24) is 19.5 Å². The number of nitrogens with two attached hydrogens (primary N) is 1. The molecule has 1 saturated heterocycles. The number of aromatic nitrogens is 4. The maximum absolute atomic E-state index is 12.4. The van der Waals surface area contributed by atoms with E-state index in [1.807, 2.05) is 78.9 Å². The van der Waals surface area contributed by atoms with Gasteiger partial charge in [-0.05, 0) is 41.0 Å². The molecule has 3 aromatic carbocycles. The molecular weight excluding hydrogens is 566 g/mol. The van der Waals surface area contributed by atoms with Crippen molar-refractivity contribution in [3.63, 3.8) is 0 Å². The number of nitrogens with one attached hydrogen (secondary N) is 1. The van der Waals surface area contributed by atoms with Crippen LogP contribution in [0.5, 0.6) is 11.5 Å². The standard InChI is InChI=1S/C32H33N5O7/c1-40-22-13-9-20(10-14-22)32(19-7-5-4-6-8-19,21-11-15-23(41-2)16-12-21)43-17-24-26(38)27(42-3)30(44-24)37-18-34-25-28(37)35-31(33)36-29(25)39/h4-16,18,24,26-27,30,38H,17H2,1-3H3,(H3,33,35,36,39). The molecule has 5 aromatic rings. The smallest absolute Gasteiger partial charge is 0.280 e. The number of H-pyrrole nitrogens is 1. The lowest BCUT2D eigenvalue weighted by Gasteiger charge is -2.37. The van der Waals surface area contributed by atoms with Gasteiger partial charge in [0.15, 0.2) is 17.4 Å². The molecule has 0 aliphatic carbocycles. The first-order chi connectivity index (χ1) is 21.4. The maximum Gasteiger partial charge on any atom is 0.280 e. The van der Waals surface area contributed by atoms with Gasteiger partial charge in [0.05, 0.1) is 27.2 Å². The van der Waals surface area contributed by atoms with Crippen molar-refractivity contribution in [3.05, 3.63) is 112 Å². The molecule has 6 rings (SSSR count). The van der Waals surface area contributed by atoms with Gasteiger partial charge in [-0.1, -0.05) is 54.6 Å². The lowest BCUT2D eigenvalue weighted by atomic mass is 9.80. The first-order valence-corrected chi connectivity index (χ1v) is 14.0. The Kier molecular flexibility index (Phi) is 8.06. The Labute approximate surface area is 253 Å². The van der Waals surface area contributed by atoms with Crippen LogP contribution in [-0.2, 0) is 19.8 Å². The predicted octanol–water partition coefficient (Wildman–Crippen LogP) is 3.00. The number of nitrogens with zero attached hydrogens (tertiary/aromatic N) is 3. The second kappa shape index (κ2) is 12.1. The van der Waals surface area contributed by atoms with Gasteiger partial charge in [0.25, 0.3) is 5.56 Å². The summed E-state index contributed by atoms with van der Waals surface area (Å²) in [5.41, 5.74) is 7.04. The van der Waals surface area contributed by atoms with Crippen LogP contribution in [0.1, 0.15) is 22.9 Å². The Bertz CT molecular complexity index is 1730. The van der Waals surface area contributed by atoms with Gasteiger partial charge in [-0.25, -0.2) is 4.98 Å². The summed E-state index contributed by atoms with van der Waals surface area (Å²) in [5, 5.41) is 11.4. The molecule has 12 heteroatoms. The molecule has 0 saturated carbocycles. The zero-order valence-electron chi connectivity index (χ0n) is 24.4. The summed E-state index contributed by atoms with van der Waals surface area (Å²) in [6.07, 6.45) is -2.20. The van der Waals surface area contributed by atoms with E-state index in [0.29, 0.717) is 11.5 Å². The molecule has 228 valence electrons. The highest BCUT2D eigenvalue weighted by Gasteiger charge is 2.48.